The van der Waals surface area contributed by atoms with Crippen molar-refractivity contribution in [2.75, 3.05) is 19.6 Å². The molecule has 4 aromatic carbocycles. The summed E-state index contributed by atoms with van der Waals surface area (Å²) < 4.78 is 6.19. The standard InChI is InChI=1S/C30H24N2O4/c33-29(32-17-16-31-26(18-32)30(34)35)22-14-10-20(11-15-22)19-8-12-21(13-9-19)23-5-3-6-25-24-4-1-2-7-27(24)36-28(23)25/h1-15,26,31H,16-18H2,(H,34,35). The molecule has 0 saturated carbocycles. The Morgan fingerprint density at radius 3 is 2.22 bits per heavy atom. The average molecular weight is 477 g/mol. The van der Waals surface area contributed by atoms with E-state index in [2.05, 4.69) is 53.8 Å². The molecule has 6 heteroatoms. The lowest BCUT2D eigenvalue weighted by Gasteiger charge is -2.31. The van der Waals surface area contributed by atoms with Crippen LogP contribution in [0.2, 0.25) is 0 Å². The van der Waals surface area contributed by atoms with Crippen molar-refractivity contribution in [3.8, 4) is 22.3 Å². The maximum Gasteiger partial charge on any atom is 0.322 e. The highest BCUT2D eigenvalue weighted by Crippen LogP contribution is 2.36. The van der Waals surface area contributed by atoms with Gasteiger partial charge in [-0.05, 0) is 34.9 Å². The predicted octanol–water partition coefficient (Wildman–Crippen LogP) is 5.42. The Morgan fingerprint density at radius 1 is 0.806 bits per heavy atom. The second-order valence-electron chi connectivity index (χ2n) is 9.03. The normalized spacial score (nSPS) is 15.9. The third kappa shape index (κ3) is 3.91. The number of fused-ring (bicyclic) bond motifs is 3. The van der Waals surface area contributed by atoms with Crippen LogP contribution in [0.5, 0.6) is 0 Å². The summed E-state index contributed by atoms with van der Waals surface area (Å²) in [6.45, 7) is 1.12. The highest BCUT2D eigenvalue weighted by atomic mass is 16.4. The second kappa shape index (κ2) is 8.98. The Balaban J connectivity index is 1.24. The molecule has 5 aromatic rings. The summed E-state index contributed by atoms with van der Waals surface area (Å²) in [5, 5.41) is 14.4. The summed E-state index contributed by atoms with van der Waals surface area (Å²) in [6.07, 6.45) is 0. The van der Waals surface area contributed by atoms with Gasteiger partial charge in [-0.15, -0.1) is 0 Å². The van der Waals surface area contributed by atoms with Gasteiger partial charge in [0.05, 0.1) is 0 Å². The van der Waals surface area contributed by atoms with Gasteiger partial charge in [-0.25, -0.2) is 0 Å². The van der Waals surface area contributed by atoms with Crippen LogP contribution in [0.25, 0.3) is 44.2 Å². The number of rotatable bonds is 4. The van der Waals surface area contributed by atoms with Crippen molar-refractivity contribution in [3.05, 3.63) is 96.6 Å². The zero-order valence-corrected chi connectivity index (χ0v) is 19.5. The van der Waals surface area contributed by atoms with E-state index in [1.807, 2.05) is 30.3 Å². The smallest absolute Gasteiger partial charge is 0.322 e. The van der Waals surface area contributed by atoms with Crippen LogP contribution in [-0.2, 0) is 4.79 Å². The summed E-state index contributed by atoms with van der Waals surface area (Å²) in [6, 6.07) is 29.3. The number of hydrogen-bond donors (Lipinski definition) is 2. The largest absolute Gasteiger partial charge is 0.480 e. The summed E-state index contributed by atoms with van der Waals surface area (Å²) in [4.78, 5) is 25.8. The van der Waals surface area contributed by atoms with E-state index in [0.29, 0.717) is 18.7 Å². The number of aliphatic carboxylic acids is 1. The van der Waals surface area contributed by atoms with Crippen LogP contribution < -0.4 is 5.32 Å². The molecule has 6 nitrogen and oxygen atoms in total. The van der Waals surface area contributed by atoms with E-state index < -0.39 is 12.0 Å². The van der Waals surface area contributed by atoms with Crippen molar-refractivity contribution in [1.82, 2.24) is 10.2 Å². The van der Waals surface area contributed by atoms with E-state index >= 15 is 0 Å². The molecule has 1 aromatic heterocycles. The van der Waals surface area contributed by atoms with E-state index in [-0.39, 0.29) is 12.5 Å². The van der Waals surface area contributed by atoms with Crippen LogP contribution in [0, 0.1) is 0 Å². The number of furan rings is 1. The van der Waals surface area contributed by atoms with Gasteiger partial charge in [0.25, 0.3) is 5.91 Å². The van der Waals surface area contributed by atoms with Gasteiger partial charge in [0.15, 0.2) is 0 Å². The van der Waals surface area contributed by atoms with Gasteiger partial charge >= 0.3 is 5.97 Å². The second-order valence-corrected chi connectivity index (χ2v) is 9.03. The molecule has 1 saturated heterocycles. The van der Waals surface area contributed by atoms with Crippen molar-refractivity contribution in [2.24, 2.45) is 0 Å². The molecule has 1 fully saturated rings. The topological polar surface area (TPSA) is 82.8 Å². The number of nitrogens with one attached hydrogen (secondary N) is 1. The Hall–Kier alpha value is -4.42. The highest BCUT2D eigenvalue weighted by molar-refractivity contribution is 6.09. The van der Waals surface area contributed by atoms with E-state index in [0.717, 1.165) is 44.2 Å². The SMILES string of the molecule is O=C(O)C1CN(C(=O)c2ccc(-c3ccc(-c4cccc5c4oc4ccccc45)cc3)cc2)CCN1. The van der Waals surface area contributed by atoms with E-state index in [9.17, 15) is 14.7 Å². The molecule has 1 amide bonds. The summed E-state index contributed by atoms with van der Waals surface area (Å²) >= 11 is 0. The third-order valence-corrected chi connectivity index (χ3v) is 6.83. The number of carboxylic acids is 1. The van der Waals surface area contributed by atoms with Gasteiger partial charge < -0.3 is 19.7 Å². The maximum absolute atomic E-state index is 12.9. The Bertz CT molecular complexity index is 1590. The molecule has 6 rings (SSSR count). The fourth-order valence-electron chi connectivity index (χ4n) is 4.90. The fraction of sp³-hybridized carbons (Fsp3) is 0.133. The highest BCUT2D eigenvalue weighted by Gasteiger charge is 2.28. The van der Waals surface area contributed by atoms with Crippen molar-refractivity contribution in [3.63, 3.8) is 0 Å². The van der Waals surface area contributed by atoms with Crippen molar-refractivity contribution in [2.45, 2.75) is 6.04 Å². The molecule has 178 valence electrons. The molecule has 2 heterocycles. The molecule has 2 N–H and O–H groups in total. The minimum atomic E-state index is -0.942. The third-order valence-electron chi connectivity index (χ3n) is 6.83. The summed E-state index contributed by atoms with van der Waals surface area (Å²) in [5.41, 5.74) is 6.48. The first-order chi connectivity index (χ1) is 17.6. The van der Waals surface area contributed by atoms with Crippen molar-refractivity contribution in [1.29, 1.82) is 0 Å². The number of piperazine rings is 1. The number of carbonyl (C=O) groups excluding carboxylic acids is 1. The zero-order valence-electron chi connectivity index (χ0n) is 19.5. The van der Waals surface area contributed by atoms with Crippen LogP contribution >= 0.6 is 0 Å². The molecule has 0 spiro atoms. The molecular weight excluding hydrogens is 452 g/mol. The van der Waals surface area contributed by atoms with Gasteiger partial charge in [0.1, 0.15) is 17.2 Å². The van der Waals surface area contributed by atoms with E-state index in [1.54, 1.807) is 17.0 Å². The Labute approximate surface area is 207 Å². The monoisotopic (exact) mass is 476 g/mol. The Kier molecular flexibility index (Phi) is 5.51. The van der Waals surface area contributed by atoms with Crippen LogP contribution in [-0.4, -0.2) is 47.6 Å². The van der Waals surface area contributed by atoms with Gasteiger partial charge in [-0.1, -0.05) is 72.8 Å². The summed E-state index contributed by atoms with van der Waals surface area (Å²) in [5.74, 6) is -1.09. The predicted molar refractivity (Wildman–Crippen MR) is 140 cm³/mol. The number of para-hydroxylation sites is 2. The molecule has 0 radical (unpaired) electrons. The molecular formula is C30H24N2O4. The van der Waals surface area contributed by atoms with Crippen molar-refractivity contribution >= 4 is 33.8 Å². The lowest BCUT2D eigenvalue weighted by Crippen LogP contribution is -2.55. The quantitative estimate of drug-likeness (QED) is 0.362. The van der Waals surface area contributed by atoms with E-state index in [1.165, 1.54) is 0 Å². The molecule has 1 aliphatic rings. The molecule has 1 unspecified atom stereocenters. The first-order valence-electron chi connectivity index (χ1n) is 11.9. The lowest BCUT2D eigenvalue weighted by atomic mass is 9.98. The Morgan fingerprint density at radius 2 is 1.47 bits per heavy atom. The first-order valence-corrected chi connectivity index (χ1v) is 11.9. The fourth-order valence-corrected chi connectivity index (χ4v) is 4.90. The molecule has 36 heavy (non-hydrogen) atoms. The van der Waals surface area contributed by atoms with Gasteiger partial charge in [0.2, 0.25) is 0 Å². The number of carbonyl (C=O) groups is 2. The van der Waals surface area contributed by atoms with Crippen LogP contribution in [0.3, 0.4) is 0 Å². The molecule has 1 aliphatic heterocycles. The molecule has 0 bridgehead atoms. The summed E-state index contributed by atoms with van der Waals surface area (Å²) in [7, 11) is 0. The number of carboxylic acid groups (broad SMARTS) is 1. The van der Waals surface area contributed by atoms with Gasteiger partial charge in [-0.3, -0.25) is 9.59 Å². The number of benzene rings is 4. The maximum atomic E-state index is 12.9. The van der Waals surface area contributed by atoms with Crippen LogP contribution in [0.15, 0.2) is 95.4 Å². The zero-order chi connectivity index (χ0) is 24.6. The van der Waals surface area contributed by atoms with Crippen molar-refractivity contribution < 1.29 is 19.1 Å². The number of nitrogens with zero attached hydrogens (tertiary/aromatic N) is 1. The lowest BCUT2D eigenvalue weighted by molar-refractivity contribution is -0.140. The minimum Gasteiger partial charge on any atom is -0.480 e. The van der Waals surface area contributed by atoms with Gasteiger partial charge in [-0.2, -0.15) is 0 Å². The first kappa shape index (κ1) is 22.1. The van der Waals surface area contributed by atoms with Crippen LogP contribution in [0.1, 0.15) is 10.4 Å². The van der Waals surface area contributed by atoms with Gasteiger partial charge in [0, 0.05) is 41.5 Å². The minimum absolute atomic E-state index is 0.149. The van der Waals surface area contributed by atoms with Crippen LogP contribution in [0.4, 0.5) is 0 Å². The molecule has 1 atom stereocenters. The molecule has 0 aliphatic carbocycles. The van der Waals surface area contributed by atoms with E-state index in [4.69, 9.17) is 4.42 Å². The number of hydrogen-bond acceptors (Lipinski definition) is 4. The number of amides is 1. The average Bonchev–Trinajstić information content (AvgIpc) is 3.32.